The number of hydrogen-bond acceptors (Lipinski definition) is 4. The molecule has 2 unspecified atom stereocenters. The zero-order valence-electron chi connectivity index (χ0n) is 10.9. The Morgan fingerprint density at radius 3 is 2.53 bits per heavy atom. The van der Waals surface area contributed by atoms with Crippen LogP contribution in [0.2, 0.25) is 0 Å². The summed E-state index contributed by atoms with van der Waals surface area (Å²) >= 11 is 1.67. The molecule has 0 saturated carbocycles. The van der Waals surface area contributed by atoms with Crippen LogP contribution in [-0.2, 0) is 13.0 Å². The van der Waals surface area contributed by atoms with E-state index in [1.807, 2.05) is 0 Å². The Morgan fingerprint density at radius 2 is 2.00 bits per heavy atom. The molecule has 17 heavy (non-hydrogen) atoms. The number of hydrogen-bond donors (Lipinski definition) is 1. The molecule has 1 aromatic heterocycles. The van der Waals surface area contributed by atoms with Gasteiger partial charge in [0.15, 0.2) is 5.13 Å². The maximum atomic E-state index is 9.36. The summed E-state index contributed by atoms with van der Waals surface area (Å²) in [5.74, 6) is 1.48. The third kappa shape index (κ3) is 2.63. The van der Waals surface area contributed by atoms with E-state index in [-0.39, 0.29) is 6.61 Å². The fourth-order valence-corrected chi connectivity index (χ4v) is 3.33. The summed E-state index contributed by atoms with van der Waals surface area (Å²) < 4.78 is 0. The Morgan fingerprint density at radius 1 is 1.35 bits per heavy atom. The van der Waals surface area contributed by atoms with Crippen LogP contribution < -0.4 is 4.90 Å². The standard InChI is InChI=1S/C13H22N2OS/c1-4-5-11-12(8-16)17-13(14-11)15-6-9(2)10(3)7-15/h9-10,16H,4-8H2,1-3H3. The lowest BCUT2D eigenvalue weighted by atomic mass is 10.0. The van der Waals surface area contributed by atoms with E-state index in [0.29, 0.717) is 0 Å². The van der Waals surface area contributed by atoms with Crippen molar-refractivity contribution in [2.24, 2.45) is 11.8 Å². The van der Waals surface area contributed by atoms with Crippen LogP contribution in [0, 0.1) is 11.8 Å². The highest BCUT2D eigenvalue weighted by Gasteiger charge is 2.28. The lowest BCUT2D eigenvalue weighted by molar-refractivity contribution is 0.284. The van der Waals surface area contributed by atoms with Gasteiger partial charge in [-0.3, -0.25) is 0 Å². The lowest BCUT2D eigenvalue weighted by Gasteiger charge is -2.13. The number of aliphatic hydroxyl groups is 1. The number of aryl methyl sites for hydroxylation is 1. The Kier molecular flexibility index (Phi) is 4.05. The second-order valence-electron chi connectivity index (χ2n) is 5.13. The fraction of sp³-hybridized carbons (Fsp3) is 0.769. The summed E-state index contributed by atoms with van der Waals surface area (Å²) in [5, 5.41) is 10.5. The molecule has 3 nitrogen and oxygen atoms in total. The van der Waals surface area contributed by atoms with Crippen LogP contribution in [0.15, 0.2) is 0 Å². The topological polar surface area (TPSA) is 36.4 Å². The molecule has 1 aliphatic heterocycles. The first-order valence-corrected chi connectivity index (χ1v) is 7.31. The zero-order valence-corrected chi connectivity index (χ0v) is 11.8. The van der Waals surface area contributed by atoms with Gasteiger partial charge in [-0.1, -0.05) is 38.5 Å². The first-order chi connectivity index (χ1) is 8.15. The molecule has 0 spiro atoms. The lowest BCUT2D eigenvalue weighted by Crippen LogP contribution is -2.19. The number of anilines is 1. The normalized spacial score (nSPS) is 24.6. The van der Waals surface area contributed by atoms with Gasteiger partial charge in [0.2, 0.25) is 0 Å². The molecule has 96 valence electrons. The van der Waals surface area contributed by atoms with Gasteiger partial charge in [-0.15, -0.1) is 0 Å². The second-order valence-corrected chi connectivity index (χ2v) is 6.20. The van der Waals surface area contributed by atoms with Gasteiger partial charge in [-0.05, 0) is 18.3 Å². The molecule has 0 aliphatic carbocycles. The summed E-state index contributed by atoms with van der Waals surface area (Å²) in [6.45, 7) is 9.10. The van der Waals surface area contributed by atoms with Gasteiger partial charge in [-0.2, -0.15) is 0 Å². The van der Waals surface area contributed by atoms with Crippen LogP contribution >= 0.6 is 11.3 Å². The number of aliphatic hydroxyl groups excluding tert-OH is 1. The largest absolute Gasteiger partial charge is 0.391 e. The zero-order chi connectivity index (χ0) is 12.4. The molecule has 0 amide bonds. The Hall–Kier alpha value is -0.610. The van der Waals surface area contributed by atoms with Crippen LogP contribution in [0.25, 0.3) is 0 Å². The SMILES string of the molecule is CCCc1nc(N2CC(C)C(C)C2)sc1CO. The minimum absolute atomic E-state index is 0.131. The predicted octanol–water partition coefficient (Wildman–Crippen LogP) is 2.68. The van der Waals surface area contributed by atoms with Crippen molar-refractivity contribution in [1.29, 1.82) is 0 Å². The monoisotopic (exact) mass is 254 g/mol. The van der Waals surface area contributed by atoms with Crippen molar-refractivity contribution in [3.63, 3.8) is 0 Å². The highest BCUT2D eigenvalue weighted by Crippen LogP contribution is 2.33. The maximum Gasteiger partial charge on any atom is 0.185 e. The average molecular weight is 254 g/mol. The highest BCUT2D eigenvalue weighted by molar-refractivity contribution is 7.15. The second kappa shape index (κ2) is 5.36. The van der Waals surface area contributed by atoms with Crippen molar-refractivity contribution < 1.29 is 5.11 Å². The molecule has 1 fully saturated rings. The quantitative estimate of drug-likeness (QED) is 0.897. The van der Waals surface area contributed by atoms with Gasteiger partial charge in [0, 0.05) is 13.1 Å². The molecule has 4 heteroatoms. The number of nitrogens with zero attached hydrogens (tertiary/aromatic N) is 2. The van der Waals surface area contributed by atoms with Crippen LogP contribution in [0.4, 0.5) is 5.13 Å². The minimum Gasteiger partial charge on any atom is -0.391 e. The van der Waals surface area contributed by atoms with Gasteiger partial charge in [-0.25, -0.2) is 4.98 Å². The summed E-state index contributed by atoms with van der Waals surface area (Å²) in [6, 6.07) is 0. The van der Waals surface area contributed by atoms with E-state index in [2.05, 4.69) is 25.7 Å². The molecular formula is C13H22N2OS. The smallest absolute Gasteiger partial charge is 0.185 e. The summed E-state index contributed by atoms with van der Waals surface area (Å²) in [4.78, 5) is 8.13. The van der Waals surface area contributed by atoms with E-state index in [0.717, 1.165) is 53.5 Å². The molecule has 2 atom stereocenters. The fourth-order valence-electron chi connectivity index (χ4n) is 2.35. The third-order valence-electron chi connectivity index (χ3n) is 3.66. The van der Waals surface area contributed by atoms with Crippen molar-refractivity contribution in [2.45, 2.75) is 40.2 Å². The van der Waals surface area contributed by atoms with Gasteiger partial charge in [0.1, 0.15) is 0 Å². The number of rotatable bonds is 4. The van der Waals surface area contributed by atoms with E-state index in [1.165, 1.54) is 0 Å². The molecule has 0 radical (unpaired) electrons. The summed E-state index contributed by atoms with van der Waals surface area (Å²) in [6.07, 6.45) is 2.06. The molecule has 1 saturated heterocycles. The van der Waals surface area contributed by atoms with E-state index in [1.54, 1.807) is 11.3 Å². The first kappa shape index (κ1) is 12.8. The molecule has 0 aromatic carbocycles. The van der Waals surface area contributed by atoms with Gasteiger partial charge in [0.25, 0.3) is 0 Å². The van der Waals surface area contributed by atoms with E-state index >= 15 is 0 Å². The number of thiazole rings is 1. The molecule has 1 N–H and O–H groups in total. The van der Waals surface area contributed by atoms with E-state index in [9.17, 15) is 5.11 Å². The van der Waals surface area contributed by atoms with Gasteiger partial charge < -0.3 is 10.0 Å². The van der Waals surface area contributed by atoms with Crippen molar-refractivity contribution in [3.05, 3.63) is 10.6 Å². The Bertz CT molecular complexity index is 367. The van der Waals surface area contributed by atoms with Crippen LogP contribution in [-0.4, -0.2) is 23.2 Å². The highest BCUT2D eigenvalue weighted by atomic mass is 32.1. The van der Waals surface area contributed by atoms with Crippen LogP contribution in [0.3, 0.4) is 0 Å². The number of aromatic nitrogens is 1. The van der Waals surface area contributed by atoms with Crippen molar-refractivity contribution >= 4 is 16.5 Å². The van der Waals surface area contributed by atoms with E-state index < -0.39 is 0 Å². The molecular weight excluding hydrogens is 232 g/mol. The maximum absolute atomic E-state index is 9.36. The molecule has 1 aliphatic rings. The molecule has 2 heterocycles. The Balaban J connectivity index is 2.16. The average Bonchev–Trinajstić information content (AvgIpc) is 2.84. The van der Waals surface area contributed by atoms with Gasteiger partial charge >= 0.3 is 0 Å². The van der Waals surface area contributed by atoms with Gasteiger partial charge in [0.05, 0.1) is 17.2 Å². The van der Waals surface area contributed by atoms with Crippen molar-refractivity contribution in [3.8, 4) is 0 Å². The summed E-state index contributed by atoms with van der Waals surface area (Å²) in [7, 11) is 0. The molecule has 2 rings (SSSR count). The molecule has 0 bridgehead atoms. The summed E-state index contributed by atoms with van der Waals surface area (Å²) in [5.41, 5.74) is 1.10. The predicted molar refractivity (Wildman–Crippen MR) is 72.6 cm³/mol. The van der Waals surface area contributed by atoms with Crippen molar-refractivity contribution in [2.75, 3.05) is 18.0 Å². The van der Waals surface area contributed by atoms with Crippen LogP contribution in [0.5, 0.6) is 0 Å². The molecule has 1 aromatic rings. The third-order valence-corrected chi connectivity index (χ3v) is 4.80. The Labute approximate surface area is 107 Å². The first-order valence-electron chi connectivity index (χ1n) is 6.50. The van der Waals surface area contributed by atoms with E-state index in [4.69, 9.17) is 4.98 Å². The minimum atomic E-state index is 0.131. The van der Waals surface area contributed by atoms with Crippen molar-refractivity contribution in [1.82, 2.24) is 4.98 Å². The van der Waals surface area contributed by atoms with Crippen LogP contribution in [0.1, 0.15) is 37.8 Å².